The quantitative estimate of drug-likeness (QED) is 0.252. The van der Waals surface area contributed by atoms with Crippen molar-refractivity contribution in [2.45, 2.75) is 32.7 Å². The number of aryl methyl sites for hydroxylation is 2. The number of hydrogen-bond donors (Lipinski definition) is 0. The molecule has 0 atom stereocenters. The number of pyridine rings is 1. The highest BCUT2D eigenvalue weighted by molar-refractivity contribution is 7.22. The number of carbonyl (C=O) groups excluding carboxylic acids is 1. The van der Waals surface area contributed by atoms with E-state index in [1.165, 1.54) is 11.1 Å². The molecular weight excluding hydrogens is 450 g/mol. The van der Waals surface area contributed by atoms with Crippen LogP contribution >= 0.6 is 11.3 Å². The van der Waals surface area contributed by atoms with Gasteiger partial charge in [0.2, 0.25) is 5.91 Å². The lowest BCUT2D eigenvalue weighted by Crippen LogP contribution is -2.31. The van der Waals surface area contributed by atoms with E-state index in [1.807, 2.05) is 59.6 Å². The van der Waals surface area contributed by atoms with E-state index in [-0.39, 0.29) is 11.8 Å². The molecule has 0 saturated heterocycles. The van der Waals surface area contributed by atoms with Crippen LogP contribution in [0.2, 0.25) is 0 Å². The second-order valence-electron chi connectivity index (χ2n) is 8.85. The lowest BCUT2D eigenvalue weighted by molar-refractivity contribution is -0.119. The van der Waals surface area contributed by atoms with Gasteiger partial charge in [0.25, 0.3) is 0 Å². The standard InChI is InChI=1S/C30H27N3OS/c1-21-16-22(2)29-27(17-21)32-30(35-29)33(20-23-10-9-15-31-19-23)28(34)18-26(24-11-5-3-6-12-24)25-13-7-4-8-14-25/h3-17,19,26H,18,20H2,1-2H3. The summed E-state index contributed by atoms with van der Waals surface area (Å²) in [6, 6.07) is 28.7. The highest BCUT2D eigenvalue weighted by Crippen LogP contribution is 2.35. The Balaban J connectivity index is 1.54. The fraction of sp³-hybridized carbons (Fsp3) is 0.167. The number of carbonyl (C=O) groups is 1. The Kier molecular flexibility index (Phi) is 6.68. The molecule has 0 bridgehead atoms. The normalized spacial score (nSPS) is 11.2. The molecule has 5 rings (SSSR count). The average Bonchev–Trinajstić information content (AvgIpc) is 3.31. The third-order valence-electron chi connectivity index (χ3n) is 6.19. The van der Waals surface area contributed by atoms with Gasteiger partial charge in [0.15, 0.2) is 5.13 Å². The van der Waals surface area contributed by atoms with Gasteiger partial charge in [0, 0.05) is 24.7 Å². The second kappa shape index (κ2) is 10.2. The van der Waals surface area contributed by atoms with Crippen LogP contribution in [0.1, 0.15) is 40.2 Å². The molecule has 0 saturated carbocycles. The minimum absolute atomic E-state index is 0.0417. The van der Waals surface area contributed by atoms with Crippen molar-refractivity contribution in [1.82, 2.24) is 9.97 Å². The average molecular weight is 478 g/mol. The third kappa shape index (κ3) is 5.15. The maximum atomic E-state index is 14.0. The lowest BCUT2D eigenvalue weighted by Gasteiger charge is -2.24. The zero-order chi connectivity index (χ0) is 24.2. The van der Waals surface area contributed by atoms with E-state index < -0.39 is 0 Å². The summed E-state index contributed by atoms with van der Waals surface area (Å²) in [6.45, 7) is 4.61. The molecule has 174 valence electrons. The summed E-state index contributed by atoms with van der Waals surface area (Å²) in [5.41, 5.74) is 6.53. The molecule has 0 spiro atoms. The number of amides is 1. The molecule has 2 heterocycles. The van der Waals surface area contributed by atoms with Crippen LogP contribution in [0.4, 0.5) is 5.13 Å². The molecule has 5 aromatic rings. The Morgan fingerprint density at radius 3 is 2.23 bits per heavy atom. The molecule has 0 unspecified atom stereocenters. The number of thiazole rings is 1. The molecule has 1 amide bonds. The van der Waals surface area contributed by atoms with Gasteiger partial charge in [0.05, 0.1) is 16.8 Å². The predicted molar refractivity (Wildman–Crippen MR) is 144 cm³/mol. The molecule has 0 aliphatic rings. The Hall–Kier alpha value is -3.83. The number of nitrogens with zero attached hydrogens (tertiary/aromatic N) is 3. The van der Waals surface area contributed by atoms with Gasteiger partial charge >= 0.3 is 0 Å². The number of benzene rings is 3. The Morgan fingerprint density at radius 1 is 0.914 bits per heavy atom. The minimum Gasteiger partial charge on any atom is -0.284 e. The van der Waals surface area contributed by atoms with E-state index in [2.05, 4.69) is 55.2 Å². The van der Waals surface area contributed by atoms with E-state index in [0.29, 0.717) is 13.0 Å². The van der Waals surface area contributed by atoms with Gasteiger partial charge in [0.1, 0.15) is 0 Å². The van der Waals surface area contributed by atoms with Crippen LogP contribution in [0, 0.1) is 13.8 Å². The van der Waals surface area contributed by atoms with Gasteiger partial charge in [-0.25, -0.2) is 4.98 Å². The van der Waals surface area contributed by atoms with Crippen molar-refractivity contribution in [2.75, 3.05) is 4.90 Å². The highest BCUT2D eigenvalue weighted by atomic mass is 32.1. The summed E-state index contributed by atoms with van der Waals surface area (Å²) in [7, 11) is 0. The van der Waals surface area contributed by atoms with Crippen LogP contribution in [-0.2, 0) is 11.3 Å². The van der Waals surface area contributed by atoms with Crippen LogP contribution in [-0.4, -0.2) is 15.9 Å². The number of hydrogen-bond acceptors (Lipinski definition) is 4. The summed E-state index contributed by atoms with van der Waals surface area (Å²) in [5, 5.41) is 0.724. The summed E-state index contributed by atoms with van der Waals surface area (Å²) in [5.74, 6) is -0.000326. The van der Waals surface area contributed by atoms with Gasteiger partial charge in [-0.3, -0.25) is 14.7 Å². The van der Waals surface area contributed by atoms with Gasteiger partial charge in [-0.1, -0.05) is 84.1 Å². The number of anilines is 1. The molecule has 3 aromatic carbocycles. The van der Waals surface area contributed by atoms with E-state index in [4.69, 9.17) is 4.98 Å². The van der Waals surface area contributed by atoms with Gasteiger partial charge in [-0.15, -0.1) is 0 Å². The molecule has 4 nitrogen and oxygen atoms in total. The SMILES string of the molecule is Cc1cc(C)c2sc(N(Cc3cccnc3)C(=O)CC(c3ccccc3)c3ccccc3)nc2c1. The molecule has 0 radical (unpaired) electrons. The van der Waals surface area contributed by atoms with Crippen molar-refractivity contribution in [3.63, 3.8) is 0 Å². The number of rotatable bonds is 7. The first kappa shape index (κ1) is 22.9. The maximum absolute atomic E-state index is 14.0. The Bertz CT molecular complexity index is 1390. The minimum atomic E-state index is -0.0420. The second-order valence-corrected chi connectivity index (χ2v) is 9.82. The first-order valence-corrected chi connectivity index (χ1v) is 12.6. The van der Waals surface area contributed by atoms with Crippen LogP contribution < -0.4 is 4.90 Å². The predicted octanol–water partition coefficient (Wildman–Crippen LogP) is 7.06. The first-order chi connectivity index (χ1) is 17.1. The van der Waals surface area contributed by atoms with Crippen molar-refractivity contribution in [3.8, 4) is 0 Å². The lowest BCUT2D eigenvalue weighted by atomic mass is 9.88. The monoisotopic (exact) mass is 477 g/mol. The number of aromatic nitrogens is 2. The van der Waals surface area contributed by atoms with Crippen LogP contribution in [0.3, 0.4) is 0 Å². The molecular formula is C30H27N3OS. The third-order valence-corrected chi connectivity index (χ3v) is 7.42. The molecule has 0 N–H and O–H groups in total. The molecule has 0 fully saturated rings. The summed E-state index contributed by atoms with van der Waals surface area (Å²) >= 11 is 1.58. The molecule has 0 aliphatic carbocycles. The molecule has 2 aromatic heterocycles. The summed E-state index contributed by atoms with van der Waals surface area (Å²) < 4.78 is 1.12. The fourth-order valence-corrected chi connectivity index (χ4v) is 5.53. The molecule has 35 heavy (non-hydrogen) atoms. The van der Waals surface area contributed by atoms with Crippen molar-refractivity contribution in [3.05, 3.63) is 125 Å². The fourth-order valence-electron chi connectivity index (χ4n) is 4.50. The largest absolute Gasteiger partial charge is 0.284 e. The zero-order valence-electron chi connectivity index (χ0n) is 19.9. The summed E-state index contributed by atoms with van der Waals surface area (Å²) in [4.78, 5) is 25.0. The van der Waals surface area contributed by atoms with Crippen molar-refractivity contribution >= 4 is 32.6 Å². The van der Waals surface area contributed by atoms with E-state index in [0.717, 1.165) is 32.0 Å². The van der Waals surface area contributed by atoms with E-state index >= 15 is 0 Å². The molecule has 5 heteroatoms. The highest BCUT2D eigenvalue weighted by Gasteiger charge is 2.26. The zero-order valence-corrected chi connectivity index (χ0v) is 20.7. The first-order valence-electron chi connectivity index (χ1n) is 11.8. The van der Waals surface area contributed by atoms with Crippen molar-refractivity contribution < 1.29 is 4.79 Å². The van der Waals surface area contributed by atoms with Crippen LogP contribution in [0.15, 0.2) is 97.3 Å². The Labute approximate surface area is 209 Å². The Morgan fingerprint density at radius 2 is 1.60 bits per heavy atom. The van der Waals surface area contributed by atoms with Crippen LogP contribution in [0.5, 0.6) is 0 Å². The topological polar surface area (TPSA) is 46.1 Å². The van der Waals surface area contributed by atoms with E-state index in [1.54, 1.807) is 17.5 Å². The molecule has 0 aliphatic heterocycles. The van der Waals surface area contributed by atoms with Crippen LogP contribution in [0.25, 0.3) is 10.2 Å². The smallest absolute Gasteiger partial charge is 0.230 e. The van der Waals surface area contributed by atoms with Gasteiger partial charge in [-0.2, -0.15) is 0 Å². The van der Waals surface area contributed by atoms with Gasteiger partial charge in [-0.05, 0) is 53.8 Å². The number of fused-ring (bicyclic) bond motifs is 1. The van der Waals surface area contributed by atoms with E-state index in [9.17, 15) is 4.79 Å². The van der Waals surface area contributed by atoms with Gasteiger partial charge < -0.3 is 0 Å². The maximum Gasteiger partial charge on any atom is 0.230 e. The van der Waals surface area contributed by atoms with Crippen molar-refractivity contribution in [1.29, 1.82) is 0 Å². The summed E-state index contributed by atoms with van der Waals surface area (Å²) in [6.07, 6.45) is 3.91. The van der Waals surface area contributed by atoms with Crippen molar-refractivity contribution in [2.24, 2.45) is 0 Å².